The summed E-state index contributed by atoms with van der Waals surface area (Å²) >= 11 is 0. The van der Waals surface area contributed by atoms with Gasteiger partial charge in [-0.1, -0.05) is 18.2 Å². The summed E-state index contributed by atoms with van der Waals surface area (Å²) in [6.45, 7) is 5.01. The van der Waals surface area contributed by atoms with Gasteiger partial charge in [0.1, 0.15) is 6.04 Å². The van der Waals surface area contributed by atoms with Gasteiger partial charge in [-0.3, -0.25) is 13.9 Å². The van der Waals surface area contributed by atoms with Crippen LogP contribution in [0.3, 0.4) is 0 Å². The normalized spacial score (nSPS) is 12.0. The molecule has 2 aromatic rings. The van der Waals surface area contributed by atoms with Crippen molar-refractivity contribution in [3.8, 4) is 0 Å². The monoisotopic (exact) mass is 437 g/mol. The molecule has 0 aliphatic carbocycles. The highest BCUT2D eigenvalue weighted by molar-refractivity contribution is 7.92. The molecule has 0 spiro atoms. The van der Waals surface area contributed by atoms with E-state index in [9.17, 15) is 26.8 Å². The van der Waals surface area contributed by atoms with Crippen LogP contribution in [-0.4, -0.2) is 39.1 Å². The first kappa shape index (κ1) is 23.0. The second-order valence-corrected chi connectivity index (χ2v) is 8.23. The topological polar surface area (TPSA) is 95.6 Å². The zero-order valence-electron chi connectivity index (χ0n) is 16.4. The van der Waals surface area contributed by atoms with E-state index in [0.717, 1.165) is 18.4 Å². The number of benzene rings is 2. The van der Waals surface area contributed by atoms with Crippen molar-refractivity contribution in [2.75, 3.05) is 22.4 Å². The molecule has 2 amide bonds. The average molecular weight is 437 g/mol. The minimum Gasteiger partial charge on any atom is -0.349 e. The second-order valence-electron chi connectivity index (χ2n) is 6.37. The molecule has 0 aliphatic rings. The fourth-order valence-corrected chi connectivity index (χ4v) is 3.88. The quantitative estimate of drug-likeness (QED) is 0.621. The van der Waals surface area contributed by atoms with Crippen molar-refractivity contribution in [2.45, 2.75) is 13.0 Å². The summed E-state index contributed by atoms with van der Waals surface area (Å²) in [4.78, 5) is 25.0. The van der Waals surface area contributed by atoms with Gasteiger partial charge in [-0.2, -0.15) is 0 Å². The lowest BCUT2D eigenvalue weighted by molar-refractivity contribution is -0.116. The van der Waals surface area contributed by atoms with Crippen molar-refractivity contribution in [1.82, 2.24) is 5.32 Å². The highest BCUT2D eigenvalue weighted by Crippen LogP contribution is 2.24. The first-order chi connectivity index (χ1) is 14.1. The van der Waals surface area contributed by atoms with Crippen molar-refractivity contribution in [3.63, 3.8) is 0 Å². The van der Waals surface area contributed by atoms with Crippen LogP contribution in [0.15, 0.2) is 55.1 Å². The predicted octanol–water partition coefficient (Wildman–Crippen LogP) is 2.67. The molecule has 2 aromatic carbocycles. The molecule has 0 aromatic heterocycles. The minimum atomic E-state index is -4.03. The van der Waals surface area contributed by atoms with Crippen molar-refractivity contribution >= 4 is 33.2 Å². The van der Waals surface area contributed by atoms with E-state index < -0.39 is 39.5 Å². The summed E-state index contributed by atoms with van der Waals surface area (Å²) in [6.07, 6.45) is 2.34. The Morgan fingerprint density at radius 3 is 2.43 bits per heavy atom. The molecule has 0 heterocycles. The third-order valence-corrected chi connectivity index (χ3v) is 5.32. The molecule has 10 heteroatoms. The Labute approximate surface area is 173 Å². The highest BCUT2D eigenvalue weighted by atomic mass is 32.2. The summed E-state index contributed by atoms with van der Waals surface area (Å²) in [5.74, 6) is -3.63. The van der Waals surface area contributed by atoms with Gasteiger partial charge in [-0.05, 0) is 31.2 Å². The Kier molecular flexibility index (Phi) is 7.28. The maximum absolute atomic E-state index is 13.6. The molecule has 1 atom stereocenters. The summed E-state index contributed by atoms with van der Waals surface area (Å²) in [5.41, 5.74) is 0.115. The summed E-state index contributed by atoms with van der Waals surface area (Å²) in [6, 6.07) is 7.36. The molecular formula is C20H21F2N3O4S. The number of rotatable bonds is 8. The molecule has 0 saturated heterocycles. The van der Waals surface area contributed by atoms with E-state index >= 15 is 0 Å². The van der Waals surface area contributed by atoms with E-state index in [0.29, 0.717) is 10.4 Å². The van der Waals surface area contributed by atoms with Crippen LogP contribution in [0.25, 0.3) is 0 Å². The van der Waals surface area contributed by atoms with E-state index in [4.69, 9.17) is 0 Å². The largest absolute Gasteiger partial charge is 0.349 e. The standard InChI is InChI=1S/C20H21F2N3O4S/c1-4-11-23-20(27)15-7-5-6-8-18(15)24-19(26)13(2)25(30(3,28)29)14-9-10-16(21)17(22)12-14/h4-10,12-13H,1,11H2,2-3H3,(H,23,27)(H,24,26)/t13-/m1/s1. The number of anilines is 2. The van der Waals surface area contributed by atoms with Gasteiger partial charge in [0.15, 0.2) is 11.6 Å². The van der Waals surface area contributed by atoms with Crippen LogP contribution in [0.1, 0.15) is 17.3 Å². The number of nitrogens with zero attached hydrogens (tertiary/aromatic N) is 1. The number of carbonyl (C=O) groups excluding carboxylic acids is 2. The van der Waals surface area contributed by atoms with Crippen molar-refractivity contribution in [1.29, 1.82) is 0 Å². The fraction of sp³-hybridized carbons (Fsp3) is 0.200. The molecule has 7 nitrogen and oxygen atoms in total. The summed E-state index contributed by atoms with van der Waals surface area (Å²) in [5, 5.41) is 5.10. The molecule has 0 aliphatic heterocycles. The van der Waals surface area contributed by atoms with Crippen LogP contribution in [0.5, 0.6) is 0 Å². The Morgan fingerprint density at radius 2 is 1.83 bits per heavy atom. The maximum Gasteiger partial charge on any atom is 0.253 e. The number of carbonyl (C=O) groups is 2. The molecule has 0 saturated carbocycles. The van der Waals surface area contributed by atoms with E-state index in [-0.39, 0.29) is 23.5 Å². The smallest absolute Gasteiger partial charge is 0.253 e. The minimum absolute atomic E-state index is 0.162. The van der Waals surface area contributed by atoms with E-state index in [1.807, 2.05) is 0 Å². The summed E-state index contributed by atoms with van der Waals surface area (Å²) in [7, 11) is -4.03. The predicted molar refractivity (Wildman–Crippen MR) is 111 cm³/mol. The number of halogens is 2. The number of hydrogen-bond acceptors (Lipinski definition) is 4. The number of para-hydroxylation sites is 1. The van der Waals surface area contributed by atoms with Crippen LogP contribution in [0.4, 0.5) is 20.2 Å². The first-order valence-corrected chi connectivity index (χ1v) is 10.6. The van der Waals surface area contributed by atoms with E-state index in [1.54, 1.807) is 12.1 Å². The van der Waals surface area contributed by atoms with Gasteiger partial charge in [0.2, 0.25) is 15.9 Å². The zero-order chi connectivity index (χ0) is 22.5. The molecule has 0 radical (unpaired) electrons. The summed E-state index contributed by atoms with van der Waals surface area (Å²) < 4.78 is 52.1. The van der Waals surface area contributed by atoms with Crippen molar-refractivity contribution in [3.05, 3.63) is 72.3 Å². The van der Waals surface area contributed by atoms with Gasteiger partial charge >= 0.3 is 0 Å². The van der Waals surface area contributed by atoms with Gasteiger partial charge in [0.25, 0.3) is 5.91 Å². The number of sulfonamides is 1. The van der Waals surface area contributed by atoms with Gasteiger partial charge in [-0.15, -0.1) is 6.58 Å². The van der Waals surface area contributed by atoms with Crippen molar-refractivity contribution in [2.24, 2.45) is 0 Å². The molecule has 160 valence electrons. The SMILES string of the molecule is C=CCNC(=O)c1ccccc1NC(=O)[C@@H](C)N(c1ccc(F)c(F)c1)S(C)(=O)=O. The molecule has 0 fully saturated rings. The molecular weight excluding hydrogens is 416 g/mol. The fourth-order valence-electron chi connectivity index (χ4n) is 2.72. The third-order valence-electron chi connectivity index (χ3n) is 4.08. The van der Waals surface area contributed by atoms with E-state index in [2.05, 4.69) is 17.2 Å². The van der Waals surface area contributed by atoms with Crippen LogP contribution in [0, 0.1) is 11.6 Å². The van der Waals surface area contributed by atoms with Gasteiger partial charge in [0.05, 0.1) is 23.2 Å². The van der Waals surface area contributed by atoms with Crippen LogP contribution in [0.2, 0.25) is 0 Å². The first-order valence-electron chi connectivity index (χ1n) is 8.79. The van der Waals surface area contributed by atoms with Crippen LogP contribution < -0.4 is 14.9 Å². The Balaban J connectivity index is 2.34. The van der Waals surface area contributed by atoms with Gasteiger partial charge in [0, 0.05) is 12.6 Å². The lowest BCUT2D eigenvalue weighted by Gasteiger charge is -2.28. The Hall–Kier alpha value is -3.27. The van der Waals surface area contributed by atoms with Crippen LogP contribution >= 0.6 is 0 Å². The molecule has 2 N–H and O–H groups in total. The lowest BCUT2D eigenvalue weighted by Crippen LogP contribution is -2.45. The molecule has 0 unspecified atom stereocenters. The highest BCUT2D eigenvalue weighted by Gasteiger charge is 2.30. The second kappa shape index (κ2) is 9.49. The Morgan fingerprint density at radius 1 is 1.17 bits per heavy atom. The number of hydrogen-bond donors (Lipinski definition) is 2. The number of amides is 2. The number of nitrogens with one attached hydrogen (secondary N) is 2. The van der Waals surface area contributed by atoms with Crippen LogP contribution in [-0.2, 0) is 14.8 Å². The maximum atomic E-state index is 13.6. The van der Waals surface area contributed by atoms with Crippen molar-refractivity contribution < 1.29 is 26.8 Å². The third kappa shape index (κ3) is 5.41. The van der Waals surface area contributed by atoms with Gasteiger partial charge in [-0.25, -0.2) is 17.2 Å². The van der Waals surface area contributed by atoms with E-state index in [1.165, 1.54) is 25.1 Å². The lowest BCUT2D eigenvalue weighted by atomic mass is 10.1. The molecule has 2 rings (SSSR count). The van der Waals surface area contributed by atoms with Gasteiger partial charge < -0.3 is 10.6 Å². The zero-order valence-corrected chi connectivity index (χ0v) is 17.2. The Bertz CT molecular complexity index is 1070. The average Bonchev–Trinajstić information content (AvgIpc) is 2.68. The molecule has 30 heavy (non-hydrogen) atoms. The molecule has 0 bridgehead atoms.